The molecular formula is C21H22F3N3O. The molecule has 1 atom stereocenters. The monoisotopic (exact) mass is 389 g/mol. The Hall–Kier alpha value is -2.57. The van der Waals surface area contributed by atoms with Gasteiger partial charge in [-0.25, -0.2) is 4.98 Å². The van der Waals surface area contributed by atoms with Gasteiger partial charge in [0, 0.05) is 19.1 Å². The number of halogens is 3. The number of nitrogens with one attached hydrogen (secondary N) is 1. The minimum absolute atomic E-state index is 0.0134. The summed E-state index contributed by atoms with van der Waals surface area (Å²) in [6.07, 6.45) is 0.418. The number of alkyl halides is 3. The quantitative estimate of drug-likeness (QED) is 0.843. The molecule has 2 aromatic rings. The fraction of sp³-hybridized carbons (Fsp3) is 0.429. The minimum atomic E-state index is -4.43. The van der Waals surface area contributed by atoms with Gasteiger partial charge in [-0.1, -0.05) is 24.3 Å². The summed E-state index contributed by atoms with van der Waals surface area (Å²) >= 11 is 0. The van der Waals surface area contributed by atoms with Crippen molar-refractivity contribution in [1.29, 1.82) is 0 Å². The van der Waals surface area contributed by atoms with Crippen LogP contribution in [0.1, 0.15) is 42.0 Å². The Morgan fingerprint density at radius 3 is 2.46 bits per heavy atom. The van der Waals surface area contributed by atoms with E-state index in [1.54, 1.807) is 0 Å². The molecule has 148 valence electrons. The topological polar surface area (TPSA) is 45.2 Å². The molecule has 1 amide bonds. The van der Waals surface area contributed by atoms with E-state index in [0.717, 1.165) is 18.1 Å². The summed E-state index contributed by atoms with van der Waals surface area (Å²) in [6, 6.07) is 10.7. The van der Waals surface area contributed by atoms with Crippen LogP contribution in [0.5, 0.6) is 0 Å². The number of nitrogens with zero attached hydrogens (tertiary/aromatic N) is 2. The first-order valence-corrected chi connectivity index (χ1v) is 9.55. The fourth-order valence-corrected chi connectivity index (χ4v) is 3.64. The van der Waals surface area contributed by atoms with Crippen molar-refractivity contribution in [2.45, 2.75) is 43.8 Å². The van der Waals surface area contributed by atoms with E-state index in [-0.39, 0.29) is 11.9 Å². The van der Waals surface area contributed by atoms with Crippen molar-refractivity contribution in [3.63, 3.8) is 0 Å². The van der Waals surface area contributed by atoms with Gasteiger partial charge in [-0.2, -0.15) is 13.2 Å². The minimum Gasteiger partial charge on any atom is -0.368 e. The largest absolute Gasteiger partial charge is 0.433 e. The molecule has 7 heteroatoms. The highest BCUT2D eigenvalue weighted by atomic mass is 19.4. The van der Waals surface area contributed by atoms with Crippen molar-refractivity contribution in [1.82, 2.24) is 10.3 Å². The number of rotatable bonds is 5. The molecule has 0 spiro atoms. The van der Waals surface area contributed by atoms with Crippen LogP contribution in [0.15, 0.2) is 42.6 Å². The number of hydrogen-bond donors (Lipinski definition) is 1. The normalized spacial score (nSPS) is 19.7. The number of pyridine rings is 1. The summed E-state index contributed by atoms with van der Waals surface area (Å²) in [5, 5.41) is 3.03. The third-order valence-corrected chi connectivity index (χ3v) is 5.35. The number of carbonyl (C=O) groups excluding carboxylic acids is 1. The molecular weight excluding hydrogens is 367 g/mol. The average Bonchev–Trinajstić information content (AvgIpc) is 3.41. The predicted octanol–water partition coefficient (Wildman–Crippen LogP) is 3.92. The molecule has 4 rings (SSSR count). The Labute approximate surface area is 161 Å². The molecule has 1 saturated carbocycles. The Morgan fingerprint density at radius 1 is 1.11 bits per heavy atom. The van der Waals surface area contributed by atoms with Crippen LogP contribution in [0.2, 0.25) is 0 Å². The molecule has 0 radical (unpaired) electrons. The van der Waals surface area contributed by atoms with Gasteiger partial charge in [0.15, 0.2) is 0 Å². The van der Waals surface area contributed by atoms with Crippen molar-refractivity contribution in [2.24, 2.45) is 0 Å². The van der Waals surface area contributed by atoms with Crippen LogP contribution in [0.25, 0.3) is 0 Å². The number of anilines is 1. The van der Waals surface area contributed by atoms with Crippen LogP contribution in [0, 0.1) is 0 Å². The number of aromatic nitrogens is 1. The average molecular weight is 389 g/mol. The van der Waals surface area contributed by atoms with Gasteiger partial charge < -0.3 is 10.2 Å². The Morgan fingerprint density at radius 2 is 1.86 bits per heavy atom. The first-order chi connectivity index (χ1) is 13.4. The van der Waals surface area contributed by atoms with E-state index in [1.807, 2.05) is 17.0 Å². The SMILES string of the molecule is O=C(Cc1ccc(C2CC2)cc1)NC1CCN(c2ccc(C(F)(F)F)nc2)C1. The molecule has 28 heavy (non-hydrogen) atoms. The lowest BCUT2D eigenvalue weighted by atomic mass is 10.1. The Kier molecular flexibility index (Phi) is 5.00. The van der Waals surface area contributed by atoms with Gasteiger partial charge in [-0.3, -0.25) is 4.79 Å². The Balaban J connectivity index is 1.28. The van der Waals surface area contributed by atoms with Crippen LogP contribution in [0.4, 0.5) is 18.9 Å². The highest BCUT2D eigenvalue weighted by Crippen LogP contribution is 2.39. The maximum atomic E-state index is 12.6. The lowest BCUT2D eigenvalue weighted by Gasteiger charge is -2.19. The molecule has 2 fully saturated rings. The summed E-state index contributed by atoms with van der Waals surface area (Å²) in [5.41, 5.74) is 2.08. The molecule has 1 N–H and O–H groups in total. The fourth-order valence-electron chi connectivity index (χ4n) is 3.64. The summed E-state index contributed by atoms with van der Waals surface area (Å²) < 4.78 is 37.9. The third-order valence-electron chi connectivity index (χ3n) is 5.35. The molecule has 1 unspecified atom stereocenters. The zero-order chi connectivity index (χ0) is 19.7. The lowest BCUT2D eigenvalue weighted by molar-refractivity contribution is -0.141. The molecule has 1 saturated heterocycles. The summed E-state index contributed by atoms with van der Waals surface area (Å²) in [4.78, 5) is 17.8. The van der Waals surface area contributed by atoms with Gasteiger partial charge in [0.05, 0.1) is 18.3 Å². The van der Waals surface area contributed by atoms with Gasteiger partial charge in [0.25, 0.3) is 0 Å². The van der Waals surface area contributed by atoms with E-state index in [4.69, 9.17) is 0 Å². The second-order valence-corrected chi connectivity index (χ2v) is 7.59. The van der Waals surface area contributed by atoms with Gasteiger partial charge in [0.1, 0.15) is 5.69 Å². The first-order valence-electron chi connectivity index (χ1n) is 9.55. The molecule has 2 aliphatic rings. The maximum absolute atomic E-state index is 12.6. The number of benzene rings is 1. The van der Waals surface area contributed by atoms with Crippen molar-refractivity contribution in [2.75, 3.05) is 18.0 Å². The van der Waals surface area contributed by atoms with E-state index in [2.05, 4.69) is 22.4 Å². The van der Waals surface area contributed by atoms with Crippen molar-refractivity contribution < 1.29 is 18.0 Å². The molecule has 1 aliphatic carbocycles. The van der Waals surface area contributed by atoms with Crippen LogP contribution in [0.3, 0.4) is 0 Å². The molecule has 1 aliphatic heterocycles. The number of carbonyl (C=O) groups is 1. The molecule has 2 heterocycles. The van der Waals surface area contributed by atoms with E-state index < -0.39 is 11.9 Å². The van der Waals surface area contributed by atoms with Gasteiger partial charge >= 0.3 is 6.18 Å². The van der Waals surface area contributed by atoms with Gasteiger partial charge in [0.2, 0.25) is 5.91 Å². The highest BCUT2D eigenvalue weighted by molar-refractivity contribution is 5.79. The van der Waals surface area contributed by atoms with E-state index in [9.17, 15) is 18.0 Å². The first kappa shape index (κ1) is 18.8. The molecule has 4 nitrogen and oxygen atoms in total. The molecule has 0 bridgehead atoms. The molecule has 1 aromatic carbocycles. The number of hydrogen-bond acceptors (Lipinski definition) is 3. The molecule has 1 aromatic heterocycles. The number of amides is 1. The van der Waals surface area contributed by atoms with Crippen molar-refractivity contribution in [3.8, 4) is 0 Å². The second-order valence-electron chi connectivity index (χ2n) is 7.59. The maximum Gasteiger partial charge on any atom is 0.433 e. The van der Waals surface area contributed by atoms with E-state index in [0.29, 0.717) is 31.1 Å². The standard InChI is InChI=1S/C21H22F3N3O/c22-21(23,24)19-8-7-18(12-25-19)27-10-9-17(13-27)26-20(28)11-14-1-3-15(4-2-14)16-5-6-16/h1-4,7-8,12,16-17H,5-6,9-11,13H2,(H,26,28). The predicted molar refractivity (Wildman–Crippen MR) is 100 cm³/mol. The second kappa shape index (κ2) is 7.45. The smallest absolute Gasteiger partial charge is 0.368 e. The third kappa shape index (κ3) is 4.46. The van der Waals surface area contributed by atoms with Gasteiger partial charge in [-0.05, 0) is 48.4 Å². The van der Waals surface area contributed by atoms with Crippen LogP contribution in [-0.2, 0) is 17.4 Å². The zero-order valence-electron chi connectivity index (χ0n) is 15.4. The lowest BCUT2D eigenvalue weighted by Crippen LogP contribution is -2.38. The van der Waals surface area contributed by atoms with Crippen LogP contribution < -0.4 is 10.2 Å². The van der Waals surface area contributed by atoms with Crippen LogP contribution >= 0.6 is 0 Å². The Bertz CT molecular complexity index is 829. The van der Waals surface area contributed by atoms with Gasteiger partial charge in [-0.15, -0.1) is 0 Å². The highest BCUT2D eigenvalue weighted by Gasteiger charge is 2.32. The zero-order valence-corrected chi connectivity index (χ0v) is 15.4. The van der Waals surface area contributed by atoms with E-state index in [1.165, 1.54) is 30.7 Å². The summed E-state index contributed by atoms with van der Waals surface area (Å²) in [6.45, 7) is 1.24. The van der Waals surface area contributed by atoms with Crippen molar-refractivity contribution in [3.05, 3.63) is 59.4 Å². The summed E-state index contributed by atoms with van der Waals surface area (Å²) in [5.74, 6) is 0.670. The summed E-state index contributed by atoms with van der Waals surface area (Å²) in [7, 11) is 0. The van der Waals surface area contributed by atoms with E-state index >= 15 is 0 Å². The van der Waals surface area contributed by atoms with Crippen molar-refractivity contribution >= 4 is 11.6 Å². The van der Waals surface area contributed by atoms with Crippen LogP contribution in [-0.4, -0.2) is 30.0 Å².